The highest BCUT2D eigenvalue weighted by molar-refractivity contribution is 6.30. The molecule has 0 fully saturated rings. The zero-order chi connectivity index (χ0) is 17.0. The molecule has 5 heteroatoms. The lowest BCUT2D eigenvalue weighted by Gasteiger charge is -2.14. The largest absolute Gasteiger partial charge is 0.493 e. The van der Waals surface area contributed by atoms with Gasteiger partial charge in [-0.2, -0.15) is 0 Å². The second-order valence-electron chi connectivity index (χ2n) is 4.88. The highest BCUT2D eigenvalue weighted by Crippen LogP contribution is 2.34. The molecule has 0 aliphatic heterocycles. The van der Waals surface area contributed by atoms with Crippen LogP contribution in [-0.4, -0.2) is 25.3 Å². The smallest absolute Gasteiger partial charge is 0.331 e. The topological polar surface area (TPSA) is 55.8 Å². The Morgan fingerprint density at radius 1 is 0.957 bits per heavy atom. The summed E-state index contributed by atoms with van der Waals surface area (Å²) in [7, 11) is 3.09. The van der Waals surface area contributed by atoms with Crippen LogP contribution in [-0.2, 0) is 4.79 Å². The minimum absolute atomic E-state index is 0.236. The Morgan fingerprint density at radius 2 is 1.52 bits per heavy atom. The quantitative estimate of drug-likeness (QED) is 0.831. The number of carboxylic acids is 1. The van der Waals surface area contributed by atoms with Crippen molar-refractivity contribution >= 4 is 23.1 Å². The van der Waals surface area contributed by atoms with E-state index in [-0.39, 0.29) is 5.57 Å². The molecule has 0 atom stereocenters. The standard InChI is InChI=1S/C18H17ClO4/c1-11(18(20)21)17(12-4-7-14(19)8-5-12)13-6-9-15(22-2)16(10-13)23-3/h4-10H,1-3H3,(H,20,21). The van der Waals surface area contributed by atoms with Crippen molar-refractivity contribution in [1.29, 1.82) is 0 Å². The fraction of sp³-hybridized carbons (Fsp3) is 0.167. The fourth-order valence-corrected chi connectivity index (χ4v) is 2.44. The van der Waals surface area contributed by atoms with Gasteiger partial charge >= 0.3 is 5.97 Å². The first-order valence-corrected chi connectivity index (χ1v) is 7.28. The van der Waals surface area contributed by atoms with Crippen LogP contribution in [0.25, 0.3) is 5.57 Å². The zero-order valence-corrected chi connectivity index (χ0v) is 13.8. The molecule has 120 valence electrons. The maximum absolute atomic E-state index is 11.5. The monoisotopic (exact) mass is 332 g/mol. The van der Waals surface area contributed by atoms with Gasteiger partial charge in [-0.05, 0) is 47.9 Å². The summed E-state index contributed by atoms with van der Waals surface area (Å²) >= 11 is 5.92. The predicted octanol–water partition coefficient (Wildman–Crippen LogP) is 4.26. The van der Waals surface area contributed by atoms with E-state index in [0.717, 1.165) is 11.1 Å². The second kappa shape index (κ2) is 7.20. The second-order valence-corrected chi connectivity index (χ2v) is 5.32. The molecule has 1 N–H and O–H groups in total. The maximum Gasteiger partial charge on any atom is 0.331 e. The van der Waals surface area contributed by atoms with Gasteiger partial charge in [0, 0.05) is 10.6 Å². The number of hydrogen-bond acceptors (Lipinski definition) is 3. The van der Waals surface area contributed by atoms with Gasteiger partial charge in [-0.3, -0.25) is 0 Å². The summed E-state index contributed by atoms with van der Waals surface area (Å²) in [4.78, 5) is 11.5. The first-order chi connectivity index (χ1) is 11.0. The van der Waals surface area contributed by atoms with Crippen molar-refractivity contribution in [3.63, 3.8) is 0 Å². The van der Waals surface area contributed by atoms with Crippen LogP contribution in [0.1, 0.15) is 18.1 Å². The zero-order valence-electron chi connectivity index (χ0n) is 13.1. The lowest BCUT2D eigenvalue weighted by atomic mass is 9.93. The van der Waals surface area contributed by atoms with Gasteiger partial charge in [0.05, 0.1) is 14.2 Å². The molecule has 0 radical (unpaired) electrons. The van der Waals surface area contributed by atoms with E-state index in [1.807, 2.05) is 0 Å². The normalized spacial score (nSPS) is 11.7. The number of carbonyl (C=O) groups is 1. The minimum atomic E-state index is -0.982. The van der Waals surface area contributed by atoms with Crippen LogP contribution in [0, 0.1) is 0 Å². The summed E-state index contributed by atoms with van der Waals surface area (Å²) in [5.41, 5.74) is 2.33. The van der Waals surface area contributed by atoms with Crippen LogP contribution in [0.4, 0.5) is 0 Å². The Bertz CT molecular complexity index is 748. The maximum atomic E-state index is 11.5. The van der Waals surface area contributed by atoms with E-state index in [2.05, 4.69) is 0 Å². The molecule has 0 saturated carbocycles. The third-order valence-electron chi connectivity index (χ3n) is 3.50. The van der Waals surface area contributed by atoms with E-state index in [9.17, 15) is 9.90 Å². The molecule has 0 aliphatic carbocycles. The van der Waals surface area contributed by atoms with Gasteiger partial charge < -0.3 is 14.6 Å². The summed E-state index contributed by atoms with van der Waals surface area (Å²) in [6, 6.07) is 12.4. The highest BCUT2D eigenvalue weighted by Gasteiger charge is 2.16. The van der Waals surface area contributed by atoms with Crippen LogP contribution in [0.3, 0.4) is 0 Å². The number of rotatable bonds is 5. The first-order valence-electron chi connectivity index (χ1n) is 6.90. The molecule has 0 aromatic heterocycles. The van der Waals surface area contributed by atoms with Crippen LogP contribution in [0.5, 0.6) is 11.5 Å². The van der Waals surface area contributed by atoms with E-state index >= 15 is 0 Å². The van der Waals surface area contributed by atoms with E-state index in [4.69, 9.17) is 21.1 Å². The summed E-state index contributed by atoms with van der Waals surface area (Å²) in [5.74, 6) is 0.138. The van der Waals surface area contributed by atoms with E-state index in [0.29, 0.717) is 22.1 Å². The average Bonchev–Trinajstić information content (AvgIpc) is 2.56. The molecule has 0 amide bonds. The van der Waals surface area contributed by atoms with Gasteiger partial charge in [0.25, 0.3) is 0 Å². The minimum Gasteiger partial charge on any atom is -0.493 e. The third-order valence-corrected chi connectivity index (χ3v) is 3.75. The molecule has 2 aromatic rings. The van der Waals surface area contributed by atoms with Gasteiger partial charge in [0.15, 0.2) is 11.5 Å². The molecule has 0 bridgehead atoms. The number of ether oxygens (including phenoxy) is 2. The Labute approximate surface area is 139 Å². The molecule has 0 unspecified atom stereocenters. The molecule has 0 saturated heterocycles. The van der Waals surface area contributed by atoms with Crippen LogP contribution < -0.4 is 9.47 Å². The number of halogens is 1. The Kier molecular flexibility index (Phi) is 5.29. The number of benzene rings is 2. The van der Waals surface area contributed by atoms with Crippen LogP contribution in [0.2, 0.25) is 5.02 Å². The van der Waals surface area contributed by atoms with Crippen molar-refractivity contribution in [2.24, 2.45) is 0 Å². The van der Waals surface area contributed by atoms with E-state index in [1.165, 1.54) is 7.11 Å². The van der Waals surface area contributed by atoms with Crippen molar-refractivity contribution in [2.45, 2.75) is 6.92 Å². The van der Waals surface area contributed by atoms with Crippen molar-refractivity contribution in [3.05, 3.63) is 64.2 Å². The summed E-state index contributed by atoms with van der Waals surface area (Å²) in [5, 5.41) is 10.0. The van der Waals surface area contributed by atoms with Gasteiger partial charge in [0.1, 0.15) is 0 Å². The molecule has 0 aliphatic rings. The van der Waals surface area contributed by atoms with Gasteiger partial charge in [-0.15, -0.1) is 0 Å². The number of hydrogen-bond donors (Lipinski definition) is 1. The molecule has 4 nitrogen and oxygen atoms in total. The highest BCUT2D eigenvalue weighted by atomic mass is 35.5. The third kappa shape index (κ3) is 3.66. The molecule has 0 heterocycles. The SMILES string of the molecule is COc1ccc(C(=C(C)C(=O)O)c2ccc(Cl)cc2)cc1OC. The molecular weight excluding hydrogens is 316 g/mol. The van der Waals surface area contributed by atoms with Crippen molar-refractivity contribution < 1.29 is 19.4 Å². The predicted molar refractivity (Wildman–Crippen MR) is 90.3 cm³/mol. The molecule has 2 rings (SSSR count). The van der Waals surface area contributed by atoms with Gasteiger partial charge in [-0.25, -0.2) is 4.79 Å². The van der Waals surface area contributed by atoms with Crippen molar-refractivity contribution in [2.75, 3.05) is 14.2 Å². The van der Waals surface area contributed by atoms with Crippen LogP contribution >= 0.6 is 11.6 Å². The average molecular weight is 333 g/mol. The summed E-state index contributed by atoms with van der Waals surface area (Å²) in [6.45, 7) is 1.57. The lowest BCUT2D eigenvalue weighted by molar-refractivity contribution is -0.132. The van der Waals surface area contributed by atoms with Crippen LogP contribution in [0.15, 0.2) is 48.0 Å². The Hall–Kier alpha value is -2.46. The Morgan fingerprint density at radius 3 is 2.04 bits per heavy atom. The van der Waals surface area contributed by atoms with E-state index in [1.54, 1.807) is 56.5 Å². The van der Waals surface area contributed by atoms with E-state index < -0.39 is 5.97 Å². The molecular formula is C18H17ClO4. The van der Waals surface area contributed by atoms with Crippen molar-refractivity contribution in [1.82, 2.24) is 0 Å². The number of aliphatic carboxylic acids is 1. The van der Waals surface area contributed by atoms with Crippen molar-refractivity contribution in [3.8, 4) is 11.5 Å². The number of carboxylic acid groups (broad SMARTS) is 1. The van der Waals surface area contributed by atoms with Gasteiger partial charge in [0.2, 0.25) is 0 Å². The first kappa shape index (κ1) is 16.9. The molecule has 2 aromatic carbocycles. The molecule has 23 heavy (non-hydrogen) atoms. The summed E-state index contributed by atoms with van der Waals surface area (Å²) < 4.78 is 10.5. The summed E-state index contributed by atoms with van der Waals surface area (Å²) in [6.07, 6.45) is 0. The molecule has 0 spiro atoms. The Balaban J connectivity index is 2.66. The lowest BCUT2D eigenvalue weighted by Crippen LogP contribution is -2.03. The van der Waals surface area contributed by atoms with Gasteiger partial charge in [-0.1, -0.05) is 29.8 Å². The fourth-order valence-electron chi connectivity index (χ4n) is 2.31. The number of methoxy groups -OCH3 is 2.